The molecule has 0 heterocycles. The van der Waals surface area contributed by atoms with E-state index in [0.29, 0.717) is 5.92 Å². The summed E-state index contributed by atoms with van der Waals surface area (Å²) >= 11 is 7.46. The fourth-order valence-corrected chi connectivity index (χ4v) is 5.79. The molecule has 0 N–H and O–H groups in total. The van der Waals surface area contributed by atoms with Crippen LogP contribution in [0.5, 0.6) is 0 Å². The van der Waals surface area contributed by atoms with Gasteiger partial charge in [0.2, 0.25) is 0 Å². The molecule has 0 fully saturated rings. The maximum absolute atomic E-state index is 3.73. The van der Waals surface area contributed by atoms with Crippen LogP contribution in [0.25, 0.3) is 6.08 Å². The summed E-state index contributed by atoms with van der Waals surface area (Å²) in [4.78, 5) is 0. The lowest BCUT2D eigenvalue weighted by atomic mass is 9.87. The Bertz CT molecular complexity index is 903. The van der Waals surface area contributed by atoms with E-state index in [4.69, 9.17) is 0 Å². The maximum Gasteiger partial charge on any atom is 0.0210 e. The Morgan fingerprint density at radius 1 is 0.875 bits per heavy atom. The summed E-state index contributed by atoms with van der Waals surface area (Å²) in [5, 5.41) is 0. The van der Waals surface area contributed by atoms with Gasteiger partial charge in [0.05, 0.1) is 0 Å². The second-order valence-corrected chi connectivity index (χ2v) is 9.08. The number of fused-ring (bicyclic) bond motifs is 2. The van der Waals surface area contributed by atoms with Crippen molar-refractivity contribution in [2.24, 2.45) is 0 Å². The van der Waals surface area contributed by atoms with E-state index in [0.717, 1.165) is 6.42 Å². The van der Waals surface area contributed by atoms with Crippen molar-refractivity contribution in [3.8, 4) is 0 Å². The minimum atomic E-state index is 0.594. The summed E-state index contributed by atoms with van der Waals surface area (Å²) in [6.07, 6.45) is 6.06. The van der Waals surface area contributed by atoms with Crippen molar-refractivity contribution in [1.29, 1.82) is 0 Å². The number of rotatable bonds is 1. The molecule has 24 heavy (non-hydrogen) atoms. The van der Waals surface area contributed by atoms with Crippen LogP contribution in [0.1, 0.15) is 56.8 Å². The molecular formula is C22H22Br2. The number of halogens is 2. The van der Waals surface area contributed by atoms with Crippen LogP contribution in [0.15, 0.2) is 26.7 Å². The van der Waals surface area contributed by atoms with E-state index in [9.17, 15) is 0 Å². The van der Waals surface area contributed by atoms with Crippen LogP contribution in [0.2, 0.25) is 0 Å². The lowest BCUT2D eigenvalue weighted by molar-refractivity contribution is 0.756. The molecule has 4 rings (SSSR count). The van der Waals surface area contributed by atoms with Crippen molar-refractivity contribution in [2.75, 3.05) is 0 Å². The predicted molar refractivity (Wildman–Crippen MR) is 110 cm³/mol. The molecule has 124 valence electrons. The molecule has 2 aliphatic carbocycles. The van der Waals surface area contributed by atoms with Gasteiger partial charge in [-0.3, -0.25) is 0 Å². The molecule has 0 aromatic heterocycles. The lowest BCUT2D eigenvalue weighted by Crippen LogP contribution is -2.02. The highest BCUT2D eigenvalue weighted by molar-refractivity contribution is 9.10. The highest BCUT2D eigenvalue weighted by atomic mass is 79.9. The van der Waals surface area contributed by atoms with E-state index >= 15 is 0 Å². The van der Waals surface area contributed by atoms with Crippen LogP contribution >= 0.6 is 31.9 Å². The average Bonchev–Trinajstić information content (AvgIpc) is 3.15. The van der Waals surface area contributed by atoms with E-state index < -0.39 is 0 Å². The molecule has 0 aliphatic heterocycles. The van der Waals surface area contributed by atoms with Crippen molar-refractivity contribution < 1.29 is 0 Å². The molecule has 0 saturated carbocycles. The molecular weight excluding hydrogens is 424 g/mol. The molecule has 1 unspecified atom stereocenters. The average molecular weight is 446 g/mol. The summed E-state index contributed by atoms with van der Waals surface area (Å²) < 4.78 is 2.51. The van der Waals surface area contributed by atoms with Gasteiger partial charge in [0.15, 0.2) is 0 Å². The van der Waals surface area contributed by atoms with E-state index in [2.05, 4.69) is 77.8 Å². The molecule has 0 amide bonds. The monoisotopic (exact) mass is 444 g/mol. The van der Waals surface area contributed by atoms with Crippen LogP contribution in [-0.4, -0.2) is 0 Å². The second kappa shape index (κ2) is 5.85. The normalized spacial score (nSPS) is 18.6. The van der Waals surface area contributed by atoms with Crippen LogP contribution in [0.3, 0.4) is 0 Å². The summed E-state index contributed by atoms with van der Waals surface area (Å²) in [6.45, 7) is 9.01. The van der Waals surface area contributed by atoms with Gasteiger partial charge < -0.3 is 0 Å². The van der Waals surface area contributed by atoms with Crippen molar-refractivity contribution in [2.45, 2.75) is 52.9 Å². The van der Waals surface area contributed by atoms with E-state index in [-0.39, 0.29) is 0 Å². The molecule has 0 radical (unpaired) electrons. The van der Waals surface area contributed by atoms with Crippen molar-refractivity contribution >= 4 is 37.9 Å². The van der Waals surface area contributed by atoms with E-state index in [1.54, 1.807) is 16.7 Å². The Morgan fingerprint density at radius 2 is 1.50 bits per heavy atom. The van der Waals surface area contributed by atoms with Gasteiger partial charge in [-0.25, -0.2) is 0 Å². The number of aryl methyl sites for hydroxylation is 2. The van der Waals surface area contributed by atoms with Crippen molar-refractivity contribution in [3.63, 3.8) is 0 Å². The molecule has 2 aliphatic rings. The minimum absolute atomic E-state index is 0.594. The highest BCUT2D eigenvalue weighted by Crippen LogP contribution is 2.47. The third-order valence-corrected chi connectivity index (χ3v) is 7.65. The number of hydrogen-bond acceptors (Lipinski definition) is 0. The molecule has 2 heteroatoms. The third kappa shape index (κ3) is 2.37. The molecule has 2 aromatic carbocycles. The van der Waals surface area contributed by atoms with Crippen molar-refractivity contribution in [3.05, 3.63) is 71.2 Å². The topological polar surface area (TPSA) is 0 Å². The van der Waals surface area contributed by atoms with E-state index in [1.807, 2.05) is 0 Å². The van der Waals surface area contributed by atoms with Gasteiger partial charge in [0.1, 0.15) is 0 Å². The largest absolute Gasteiger partial charge is 0.0577 e. The molecule has 2 aromatic rings. The van der Waals surface area contributed by atoms with Crippen LogP contribution in [0, 0.1) is 27.7 Å². The van der Waals surface area contributed by atoms with Crippen LogP contribution in [0.4, 0.5) is 0 Å². The van der Waals surface area contributed by atoms with Gasteiger partial charge in [-0.15, -0.1) is 0 Å². The van der Waals surface area contributed by atoms with Gasteiger partial charge in [-0.05, 0) is 104 Å². The smallest absolute Gasteiger partial charge is 0.0210 e. The SMILES string of the molecule is Cc1cc(Br)c(C)c2c1C=C(C1CCc3c(C)c(Br)cc(C)c31)C2. The van der Waals surface area contributed by atoms with Gasteiger partial charge in [-0.2, -0.15) is 0 Å². The Hall–Kier alpha value is -0.860. The highest BCUT2D eigenvalue weighted by Gasteiger charge is 2.32. The molecule has 0 bridgehead atoms. The van der Waals surface area contributed by atoms with Crippen LogP contribution in [-0.2, 0) is 12.8 Å². The number of hydrogen-bond donors (Lipinski definition) is 0. The fourth-order valence-electron chi connectivity index (χ4n) is 4.62. The summed E-state index contributed by atoms with van der Waals surface area (Å²) in [5.74, 6) is 0.594. The van der Waals surface area contributed by atoms with E-state index in [1.165, 1.54) is 55.2 Å². The van der Waals surface area contributed by atoms with Gasteiger partial charge >= 0.3 is 0 Å². The zero-order valence-corrected chi connectivity index (χ0v) is 17.9. The second-order valence-electron chi connectivity index (χ2n) is 7.37. The van der Waals surface area contributed by atoms with Crippen molar-refractivity contribution in [1.82, 2.24) is 0 Å². The lowest BCUT2D eigenvalue weighted by Gasteiger charge is -2.18. The zero-order chi connectivity index (χ0) is 17.2. The standard InChI is InChI=1S/C22H22Br2/c1-11-7-20(23)14(4)19-10-15(9-18(11)19)17-6-5-16-13(3)21(24)8-12(2)22(16)17/h7-9,17H,5-6,10H2,1-4H3. The minimum Gasteiger partial charge on any atom is -0.0577 e. The molecule has 0 nitrogen and oxygen atoms in total. The first kappa shape index (κ1) is 16.6. The summed E-state index contributed by atoms with van der Waals surface area (Å²) in [5.41, 5.74) is 13.5. The molecule has 1 atom stereocenters. The van der Waals surface area contributed by atoms with Gasteiger partial charge in [-0.1, -0.05) is 43.5 Å². The fraction of sp³-hybridized carbons (Fsp3) is 0.364. The predicted octanol–water partition coefficient (Wildman–Crippen LogP) is 7.11. The Balaban J connectivity index is 1.80. The third-order valence-electron chi connectivity index (χ3n) is 6.00. The number of benzene rings is 2. The zero-order valence-electron chi connectivity index (χ0n) is 14.7. The first-order chi connectivity index (χ1) is 11.4. The first-order valence-electron chi connectivity index (χ1n) is 8.66. The Labute approximate surface area is 161 Å². The Morgan fingerprint density at radius 3 is 2.21 bits per heavy atom. The number of allylic oxidation sites excluding steroid dienone is 1. The van der Waals surface area contributed by atoms with Gasteiger partial charge in [0, 0.05) is 14.9 Å². The first-order valence-corrected chi connectivity index (χ1v) is 10.2. The summed E-state index contributed by atoms with van der Waals surface area (Å²) in [7, 11) is 0. The maximum atomic E-state index is 3.73. The van der Waals surface area contributed by atoms with Crippen LogP contribution < -0.4 is 0 Å². The Kier molecular flexibility index (Phi) is 4.04. The summed E-state index contributed by atoms with van der Waals surface area (Å²) in [6, 6.07) is 4.57. The molecule has 0 saturated heterocycles. The quantitative estimate of drug-likeness (QED) is 0.438. The molecule has 0 spiro atoms. The van der Waals surface area contributed by atoms with Gasteiger partial charge in [0.25, 0.3) is 0 Å².